The number of carbonyl (C=O) groups is 3. The number of fused-ring (bicyclic) bond motifs is 2. The highest BCUT2D eigenvalue weighted by Gasteiger charge is 2.38. The number of halogens is 3. The summed E-state index contributed by atoms with van der Waals surface area (Å²) < 4.78 is 36.2. The van der Waals surface area contributed by atoms with Gasteiger partial charge in [-0.25, -0.2) is 28.4 Å². The molecule has 2 aliphatic rings. The molecule has 1 fully saturated rings. The van der Waals surface area contributed by atoms with Gasteiger partial charge in [0.25, 0.3) is 11.8 Å². The van der Waals surface area contributed by atoms with Crippen molar-refractivity contribution in [2.75, 3.05) is 47.8 Å². The summed E-state index contributed by atoms with van der Waals surface area (Å²) in [5.41, 5.74) is -1.50. The SMILES string of the molecule is Cc1cc(N2C(=O)c3ccccc3C2=O)nc(-c2cc3nc(NC[C@@H](F)C(C)(C)O)nc(N4CCN(C(=O)OC(C)(C)C)CC4)c3cc2Cl)c1F. The number of imide groups is 1. The van der Waals surface area contributed by atoms with Crippen molar-refractivity contribution < 1.29 is 33.0 Å². The molecule has 6 rings (SSSR count). The summed E-state index contributed by atoms with van der Waals surface area (Å²) in [4.78, 5) is 57.4. The molecule has 15 heteroatoms. The number of carbonyl (C=O) groups excluding carboxylic acids is 3. The number of pyridine rings is 1. The fourth-order valence-electron chi connectivity index (χ4n) is 5.82. The van der Waals surface area contributed by atoms with Crippen molar-refractivity contribution in [2.24, 2.45) is 0 Å². The summed E-state index contributed by atoms with van der Waals surface area (Å²) >= 11 is 6.84. The average molecular weight is 722 g/mol. The minimum atomic E-state index is -1.66. The van der Waals surface area contributed by atoms with Crippen LogP contribution in [0.5, 0.6) is 0 Å². The number of alkyl halides is 1. The summed E-state index contributed by atoms with van der Waals surface area (Å²) in [6, 6.07) is 10.8. The lowest BCUT2D eigenvalue weighted by Gasteiger charge is -2.36. The Morgan fingerprint density at radius 2 is 1.61 bits per heavy atom. The van der Waals surface area contributed by atoms with Gasteiger partial charge in [0, 0.05) is 37.1 Å². The standard InChI is InChI=1S/C36H38ClF2N7O5/c1-19-15-27(46-31(47)20-9-7-8-10-21(20)32(46)48)42-29(28(19)39)22-17-25-23(16-24(22)37)30(43-33(41-25)40-18-26(38)36(5,6)50)44-11-13-45(14-12-44)34(49)51-35(2,3)4/h7-10,15-17,26,50H,11-14,18H2,1-6H3,(H,40,41,43)/t26-/m1/s1. The van der Waals surface area contributed by atoms with E-state index < -0.39 is 41.1 Å². The Labute approximate surface area is 298 Å². The molecule has 0 bridgehead atoms. The van der Waals surface area contributed by atoms with Crippen LogP contribution in [0.2, 0.25) is 5.02 Å². The zero-order chi connectivity index (χ0) is 37.0. The molecule has 4 heterocycles. The predicted octanol–water partition coefficient (Wildman–Crippen LogP) is 6.17. The molecule has 2 aliphatic heterocycles. The smallest absolute Gasteiger partial charge is 0.410 e. The van der Waals surface area contributed by atoms with Gasteiger partial charge in [0.2, 0.25) is 5.95 Å². The molecular weight excluding hydrogens is 684 g/mol. The topological polar surface area (TPSA) is 141 Å². The van der Waals surface area contributed by atoms with Gasteiger partial charge in [-0.1, -0.05) is 23.7 Å². The molecule has 2 N–H and O–H groups in total. The molecule has 0 aliphatic carbocycles. The van der Waals surface area contributed by atoms with Crippen molar-refractivity contribution in [2.45, 2.75) is 58.9 Å². The number of hydrogen-bond acceptors (Lipinski definition) is 10. The molecule has 1 atom stereocenters. The summed E-state index contributed by atoms with van der Waals surface area (Å²) in [6.45, 7) is 10.7. The average Bonchev–Trinajstić information content (AvgIpc) is 3.32. The van der Waals surface area contributed by atoms with Gasteiger partial charge in [0.1, 0.15) is 29.1 Å². The second-order valence-electron chi connectivity index (χ2n) is 14.1. The quantitative estimate of drug-likeness (QED) is 0.213. The van der Waals surface area contributed by atoms with Crippen LogP contribution in [-0.2, 0) is 4.74 Å². The fourth-order valence-corrected chi connectivity index (χ4v) is 6.08. The van der Waals surface area contributed by atoms with Crippen LogP contribution in [-0.4, -0.2) is 93.0 Å². The molecule has 0 spiro atoms. The van der Waals surface area contributed by atoms with E-state index in [-0.39, 0.29) is 51.3 Å². The second-order valence-corrected chi connectivity index (χ2v) is 14.5. The molecule has 51 heavy (non-hydrogen) atoms. The maximum atomic E-state index is 15.9. The second kappa shape index (κ2) is 13.3. The van der Waals surface area contributed by atoms with Crippen LogP contribution in [0.15, 0.2) is 42.5 Å². The first kappa shape index (κ1) is 35.9. The van der Waals surface area contributed by atoms with E-state index in [4.69, 9.17) is 16.3 Å². The number of aryl methyl sites for hydroxylation is 1. The zero-order valence-electron chi connectivity index (χ0n) is 29.1. The van der Waals surface area contributed by atoms with E-state index in [1.165, 1.54) is 32.9 Å². The summed E-state index contributed by atoms with van der Waals surface area (Å²) in [7, 11) is 0. The van der Waals surface area contributed by atoms with Crippen molar-refractivity contribution >= 4 is 58.0 Å². The number of hydrogen-bond donors (Lipinski definition) is 2. The third-order valence-corrected chi connectivity index (χ3v) is 8.92. The van der Waals surface area contributed by atoms with E-state index in [0.717, 1.165) is 4.90 Å². The number of ether oxygens (including phenoxy) is 1. The van der Waals surface area contributed by atoms with E-state index in [2.05, 4.69) is 20.3 Å². The van der Waals surface area contributed by atoms with Crippen LogP contribution < -0.4 is 15.1 Å². The third kappa shape index (κ3) is 7.15. The number of amides is 3. The molecule has 1 saturated heterocycles. The highest BCUT2D eigenvalue weighted by molar-refractivity contribution is 6.35. The van der Waals surface area contributed by atoms with Gasteiger partial charge >= 0.3 is 6.09 Å². The molecule has 2 aromatic heterocycles. The normalized spacial score (nSPS) is 15.8. The van der Waals surface area contributed by atoms with Crippen LogP contribution in [0.1, 0.15) is 60.9 Å². The van der Waals surface area contributed by atoms with Gasteiger partial charge in [-0.05, 0) is 77.4 Å². The Morgan fingerprint density at radius 1 is 0.980 bits per heavy atom. The summed E-state index contributed by atoms with van der Waals surface area (Å²) in [5, 5.41) is 13.6. The molecule has 268 valence electrons. The first-order valence-electron chi connectivity index (χ1n) is 16.4. The number of rotatable bonds is 7. The molecule has 4 aromatic rings. The number of piperazine rings is 1. The lowest BCUT2D eigenvalue weighted by atomic mass is 10.0. The van der Waals surface area contributed by atoms with Gasteiger partial charge in [0.05, 0.1) is 33.8 Å². The fraction of sp³-hybridized carbons (Fsp3) is 0.389. The summed E-state index contributed by atoms with van der Waals surface area (Å²) in [5.74, 6) is -1.48. The van der Waals surface area contributed by atoms with E-state index >= 15 is 4.39 Å². The van der Waals surface area contributed by atoms with Crippen LogP contribution >= 0.6 is 11.6 Å². The van der Waals surface area contributed by atoms with Crippen LogP contribution in [0.4, 0.5) is 31.2 Å². The Bertz CT molecular complexity index is 2020. The maximum Gasteiger partial charge on any atom is 0.410 e. The molecular formula is C36H38ClF2N7O5. The Kier molecular flexibility index (Phi) is 9.36. The lowest BCUT2D eigenvalue weighted by molar-refractivity contribution is 0.00316. The first-order chi connectivity index (χ1) is 23.9. The van der Waals surface area contributed by atoms with Crippen LogP contribution in [0, 0.1) is 12.7 Å². The van der Waals surface area contributed by atoms with Gasteiger partial charge in [-0.2, -0.15) is 4.98 Å². The molecule has 0 saturated carbocycles. The molecule has 0 radical (unpaired) electrons. The van der Waals surface area contributed by atoms with Crippen LogP contribution in [0.25, 0.3) is 22.2 Å². The largest absolute Gasteiger partial charge is 0.444 e. The number of nitrogens with one attached hydrogen (secondary N) is 1. The van der Waals surface area contributed by atoms with Crippen molar-refractivity contribution in [3.8, 4) is 11.3 Å². The molecule has 12 nitrogen and oxygen atoms in total. The zero-order valence-corrected chi connectivity index (χ0v) is 29.8. The third-order valence-electron chi connectivity index (χ3n) is 8.61. The molecule has 2 aromatic carbocycles. The van der Waals surface area contributed by atoms with E-state index in [0.29, 0.717) is 42.9 Å². The van der Waals surface area contributed by atoms with Crippen LogP contribution in [0.3, 0.4) is 0 Å². The van der Waals surface area contributed by atoms with Gasteiger partial charge < -0.3 is 25.0 Å². The number of aromatic nitrogens is 3. The lowest BCUT2D eigenvalue weighted by Crippen LogP contribution is -2.50. The maximum absolute atomic E-state index is 15.9. The highest BCUT2D eigenvalue weighted by Crippen LogP contribution is 2.38. The number of nitrogens with zero attached hydrogens (tertiary/aromatic N) is 6. The van der Waals surface area contributed by atoms with Gasteiger partial charge in [-0.15, -0.1) is 0 Å². The van der Waals surface area contributed by atoms with E-state index in [1.807, 2.05) is 4.90 Å². The molecule has 3 amide bonds. The van der Waals surface area contributed by atoms with Gasteiger partial charge in [-0.3, -0.25) is 9.59 Å². The minimum absolute atomic E-state index is 0.0385. The first-order valence-corrected chi connectivity index (χ1v) is 16.8. The van der Waals surface area contributed by atoms with E-state index in [1.54, 1.807) is 56.0 Å². The predicted molar refractivity (Wildman–Crippen MR) is 190 cm³/mol. The van der Waals surface area contributed by atoms with Crippen molar-refractivity contribution in [3.63, 3.8) is 0 Å². The minimum Gasteiger partial charge on any atom is -0.444 e. The Morgan fingerprint density at radius 3 is 2.20 bits per heavy atom. The number of anilines is 3. The van der Waals surface area contributed by atoms with E-state index in [9.17, 15) is 23.9 Å². The number of aliphatic hydroxyl groups is 1. The van der Waals surface area contributed by atoms with Crippen molar-refractivity contribution in [1.29, 1.82) is 0 Å². The summed E-state index contributed by atoms with van der Waals surface area (Å²) in [6.07, 6.45) is -2.09. The number of benzene rings is 2. The van der Waals surface area contributed by atoms with Crippen molar-refractivity contribution in [3.05, 3.63) is 70.0 Å². The highest BCUT2D eigenvalue weighted by atomic mass is 35.5. The van der Waals surface area contributed by atoms with Gasteiger partial charge in [0.15, 0.2) is 5.82 Å². The molecule has 0 unspecified atom stereocenters. The Hall–Kier alpha value is -4.95. The Balaban J connectivity index is 1.40. The van der Waals surface area contributed by atoms with Crippen molar-refractivity contribution in [1.82, 2.24) is 19.9 Å². The monoisotopic (exact) mass is 721 g/mol.